The van der Waals surface area contributed by atoms with Gasteiger partial charge in [0.1, 0.15) is 0 Å². The minimum Gasteiger partial charge on any atom is -0.274 e. The summed E-state index contributed by atoms with van der Waals surface area (Å²) in [5, 5.41) is 12.2. The monoisotopic (exact) mass is 346 g/mol. The molecule has 0 spiro atoms. The van der Waals surface area contributed by atoms with Crippen LogP contribution >= 0.6 is 0 Å². The molecule has 0 aliphatic carbocycles. The van der Waals surface area contributed by atoms with Crippen LogP contribution in [0.5, 0.6) is 0 Å². The van der Waals surface area contributed by atoms with Crippen molar-refractivity contribution in [1.29, 1.82) is 0 Å². The van der Waals surface area contributed by atoms with E-state index in [0.29, 0.717) is 22.8 Å². The minimum absolute atomic E-state index is 0.157. The average molecular weight is 346 g/mol. The topological polar surface area (TPSA) is 80.5 Å². The summed E-state index contributed by atoms with van der Waals surface area (Å²) in [6.07, 6.45) is 0.526. The van der Waals surface area contributed by atoms with Gasteiger partial charge in [-0.3, -0.25) is 24.6 Å². The SMILES string of the molecule is O=C1c2cccc3cc([N+](=O)[O-])cc(c23)C(=O)N1CCc1ccccc1. The lowest BCUT2D eigenvalue weighted by atomic mass is 9.93. The first-order valence-electron chi connectivity index (χ1n) is 8.17. The van der Waals surface area contributed by atoms with E-state index in [1.54, 1.807) is 18.2 Å². The normalized spacial score (nSPS) is 13.3. The maximum absolute atomic E-state index is 12.9. The van der Waals surface area contributed by atoms with Crippen LogP contribution in [0.4, 0.5) is 5.69 Å². The summed E-state index contributed by atoms with van der Waals surface area (Å²) in [4.78, 5) is 37.6. The van der Waals surface area contributed by atoms with Crippen molar-refractivity contribution >= 4 is 28.3 Å². The molecule has 3 aromatic carbocycles. The highest BCUT2D eigenvalue weighted by molar-refractivity contribution is 6.25. The van der Waals surface area contributed by atoms with Crippen LogP contribution in [0, 0.1) is 10.1 Å². The molecule has 6 nitrogen and oxygen atoms in total. The summed E-state index contributed by atoms with van der Waals surface area (Å²) in [7, 11) is 0. The molecule has 1 heterocycles. The quantitative estimate of drug-likeness (QED) is 0.411. The van der Waals surface area contributed by atoms with Crippen molar-refractivity contribution in [3.05, 3.63) is 87.5 Å². The van der Waals surface area contributed by atoms with Gasteiger partial charge in [0, 0.05) is 29.6 Å². The number of rotatable bonds is 4. The Balaban J connectivity index is 1.77. The van der Waals surface area contributed by atoms with E-state index in [9.17, 15) is 19.7 Å². The Kier molecular flexibility index (Phi) is 3.73. The van der Waals surface area contributed by atoms with E-state index in [1.807, 2.05) is 30.3 Å². The number of benzene rings is 3. The molecule has 0 fully saturated rings. The second-order valence-corrected chi connectivity index (χ2v) is 6.15. The molecule has 0 saturated carbocycles. The molecule has 2 amide bonds. The van der Waals surface area contributed by atoms with Crippen LogP contribution in [-0.4, -0.2) is 28.2 Å². The van der Waals surface area contributed by atoms with Gasteiger partial charge >= 0.3 is 0 Å². The van der Waals surface area contributed by atoms with Crippen LogP contribution in [0.2, 0.25) is 0 Å². The highest BCUT2D eigenvalue weighted by Crippen LogP contribution is 2.33. The van der Waals surface area contributed by atoms with E-state index in [2.05, 4.69) is 0 Å². The number of carbonyl (C=O) groups excluding carboxylic acids is 2. The molecule has 0 radical (unpaired) electrons. The Labute approximate surface area is 148 Å². The number of non-ortho nitro benzene ring substituents is 1. The van der Waals surface area contributed by atoms with Gasteiger partial charge in [0.25, 0.3) is 17.5 Å². The second kappa shape index (κ2) is 6.07. The number of imide groups is 1. The summed E-state index contributed by atoms with van der Waals surface area (Å²) in [5.41, 5.74) is 1.46. The first kappa shape index (κ1) is 16.0. The van der Waals surface area contributed by atoms with E-state index in [1.165, 1.54) is 17.0 Å². The third-order valence-corrected chi connectivity index (χ3v) is 4.59. The van der Waals surface area contributed by atoms with Crippen molar-refractivity contribution in [2.75, 3.05) is 6.54 Å². The lowest BCUT2D eigenvalue weighted by Crippen LogP contribution is -2.41. The maximum atomic E-state index is 12.9. The molecule has 0 saturated heterocycles. The van der Waals surface area contributed by atoms with Gasteiger partial charge < -0.3 is 0 Å². The summed E-state index contributed by atoms with van der Waals surface area (Å²) < 4.78 is 0. The number of nitro benzene ring substituents is 1. The highest BCUT2D eigenvalue weighted by atomic mass is 16.6. The smallest absolute Gasteiger partial charge is 0.270 e. The van der Waals surface area contributed by atoms with Crippen molar-refractivity contribution in [1.82, 2.24) is 4.90 Å². The first-order chi connectivity index (χ1) is 12.6. The Bertz CT molecular complexity index is 1060. The fourth-order valence-electron chi connectivity index (χ4n) is 3.34. The molecule has 0 N–H and O–H groups in total. The Morgan fingerprint density at radius 1 is 0.885 bits per heavy atom. The molecular weight excluding hydrogens is 332 g/mol. The van der Waals surface area contributed by atoms with Crippen LogP contribution in [0.15, 0.2) is 60.7 Å². The summed E-state index contributed by atoms with van der Waals surface area (Å²) >= 11 is 0. The van der Waals surface area contributed by atoms with Crippen molar-refractivity contribution in [3.63, 3.8) is 0 Å². The molecule has 128 valence electrons. The predicted octanol–water partition coefficient (Wildman–Crippen LogP) is 3.59. The highest BCUT2D eigenvalue weighted by Gasteiger charge is 2.33. The third kappa shape index (κ3) is 2.52. The van der Waals surface area contributed by atoms with E-state index < -0.39 is 10.8 Å². The van der Waals surface area contributed by atoms with Gasteiger partial charge in [-0.2, -0.15) is 0 Å². The molecule has 26 heavy (non-hydrogen) atoms. The van der Waals surface area contributed by atoms with Gasteiger partial charge in [0.05, 0.1) is 10.5 Å². The Morgan fingerprint density at radius 2 is 1.62 bits per heavy atom. The summed E-state index contributed by atoms with van der Waals surface area (Å²) in [6.45, 7) is 0.222. The maximum Gasteiger partial charge on any atom is 0.270 e. The summed E-state index contributed by atoms with van der Waals surface area (Å²) in [5.74, 6) is -0.851. The Morgan fingerprint density at radius 3 is 2.35 bits per heavy atom. The van der Waals surface area contributed by atoms with Crippen LogP contribution in [0.25, 0.3) is 10.8 Å². The average Bonchev–Trinajstić information content (AvgIpc) is 2.66. The van der Waals surface area contributed by atoms with Gasteiger partial charge in [-0.1, -0.05) is 42.5 Å². The fourth-order valence-corrected chi connectivity index (χ4v) is 3.34. The van der Waals surface area contributed by atoms with Gasteiger partial charge in [-0.05, 0) is 23.4 Å². The van der Waals surface area contributed by atoms with Gasteiger partial charge in [0.15, 0.2) is 0 Å². The number of hydrogen-bond acceptors (Lipinski definition) is 4. The molecule has 0 atom stereocenters. The zero-order chi connectivity index (χ0) is 18.3. The van der Waals surface area contributed by atoms with Gasteiger partial charge in [0.2, 0.25) is 0 Å². The van der Waals surface area contributed by atoms with Crippen molar-refractivity contribution in [3.8, 4) is 0 Å². The van der Waals surface area contributed by atoms with Crippen molar-refractivity contribution < 1.29 is 14.5 Å². The van der Waals surface area contributed by atoms with Crippen LogP contribution in [0.1, 0.15) is 26.3 Å². The summed E-state index contributed by atoms with van der Waals surface area (Å²) in [6, 6.07) is 17.2. The molecule has 1 aliphatic rings. The largest absolute Gasteiger partial charge is 0.274 e. The van der Waals surface area contributed by atoms with Gasteiger partial charge in [-0.25, -0.2) is 0 Å². The van der Waals surface area contributed by atoms with E-state index >= 15 is 0 Å². The molecule has 0 bridgehead atoms. The number of hydrogen-bond donors (Lipinski definition) is 0. The molecule has 6 heteroatoms. The molecular formula is C20H14N2O4. The standard InChI is InChI=1S/C20H14N2O4/c23-19-16-8-4-7-14-11-15(22(25)26)12-17(18(14)16)20(24)21(19)10-9-13-5-2-1-3-6-13/h1-8,11-12H,9-10H2. The number of nitro groups is 1. The zero-order valence-corrected chi connectivity index (χ0v) is 13.7. The first-order valence-corrected chi connectivity index (χ1v) is 8.17. The molecule has 0 unspecified atom stereocenters. The molecule has 0 aromatic heterocycles. The second-order valence-electron chi connectivity index (χ2n) is 6.15. The van der Waals surface area contributed by atoms with Crippen LogP contribution in [-0.2, 0) is 6.42 Å². The molecule has 3 aromatic rings. The van der Waals surface area contributed by atoms with Crippen molar-refractivity contribution in [2.45, 2.75) is 6.42 Å². The molecule has 4 rings (SSSR count). The predicted molar refractivity (Wildman–Crippen MR) is 96.1 cm³/mol. The van der Waals surface area contributed by atoms with Crippen LogP contribution < -0.4 is 0 Å². The van der Waals surface area contributed by atoms with Gasteiger partial charge in [-0.15, -0.1) is 0 Å². The van der Waals surface area contributed by atoms with Crippen LogP contribution in [0.3, 0.4) is 0 Å². The number of amides is 2. The van der Waals surface area contributed by atoms with E-state index in [4.69, 9.17) is 0 Å². The lowest BCUT2D eigenvalue weighted by molar-refractivity contribution is -0.384. The number of carbonyl (C=O) groups is 2. The van der Waals surface area contributed by atoms with E-state index in [-0.39, 0.29) is 23.7 Å². The number of nitrogens with zero attached hydrogens (tertiary/aromatic N) is 2. The third-order valence-electron chi connectivity index (χ3n) is 4.59. The molecule has 1 aliphatic heterocycles. The lowest BCUT2D eigenvalue weighted by Gasteiger charge is -2.27. The van der Waals surface area contributed by atoms with E-state index in [0.717, 1.165) is 5.56 Å². The Hall–Kier alpha value is -3.54. The van der Waals surface area contributed by atoms with Crippen molar-refractivity contribution in [2.24, 2.45) is 0 Å². The zero-order valence-electron chi connectivity index (χ0n) is 13.7. The fraction of sp³-hybridized carbons (Fsp3) is 0.100. The minimum atomic E-state index is -0.527.